The molecule has 11 heteroatoms. The van der Waals surface area contributed by atoms with Gasteiger partial charge in [0, 0.05) is 28.4 Å². The van der Waals surface area contributed by atoms with E-state index in [1.807, 2.05) is 57.5 Å². The molecule has 4 heterocycles. The zero-order valence-corrected chi connectivity index (χ0v) is 28.5. The van der Waals surface area contributed by atoms with Gasteiger partial charge in [-0.15, -0.1) is 0 Å². The molecule has 0 radical (unpaired) electrons. The molecule has 0 saturated carbocycles. The van der Waals surface area contributed by atoms with Gasteiger partial charge in [0.25, 0.3) is 0 Å². The quantitative estimate of drug-likeness (QED) is 0.183. The summed E-state index contributed by atoms with van der Waals surface area (Å²) < 4.78 is 36.8. The average molecular weight is 654 g/mol. The Hall–Kier alpha value is -4.85. The Kier molecular flexibility index (Phi) is 8.48. The molecule has 5 aromatic rings. The van der Waals surface area contributed by atoms with Crippen molar-refractivity contribution in [3.63, 3.8) is 0 Å². The molecule has 250 valence electrons. The minimum atomic E-state index is -0.896. The molecule has 1 aliphatic heterocycles. The number of pyridine rings is 1. The first-order valence-corrected chi connectivity index (χ1v) is 16.4. The van der Waals surface area contributed by atoms with Crippen LogP contribution in [-0.4, -0.2) is 53.2 Å². The van der Waals surface area contributed by atoms with Crippen molar-refractivity contribution in [1.29, 1.82) is 5.26 Å². The Morgan fingerprint density at radius 1 is 1.10 bits per heavy atom. The van der Waals surface area contributed by atoms with E-state index in [9.17, 15) is 18.8 Å². The number of hydrogen-bond acceptors (Lipinski definition) is 6. The molecule has 6 rings (SSSR count). The van der Waals surface area contributed by atoms with Crippen molar-refractivity contribution in [2.45, 2.75) is 91.5 Å². The fourth-order valence-corrected chi connectivity index (χ4v) is 6.74. The third kappa shape index (κ3) is 6.36. The van der Waals surface area contributed by atoms with E-state index in [0.717, 1.165) is 39.2 Å². The van der Waals surface area contributed by atoms with Crippen LogP contribution in [0, 0.1) is 28.9 Å². The number of benzene rings is 2. The normalized spacial score (nSPS) is 16.5. The number of nitriles is 1. The van der Waals surface area contributed by atoms with Crippen molar-refractivity contribution in [2.75, 3.05) is 6.54 Å². The minimum Gasteiger partial charge on any atom is -0.444 e. The van der Waals surface area contributed by atoms with Crippen molar-refractivity contribution in [3.8, 4) is 17.2 Å². The van der Waals surface area contributed by atoms with Gasteiger partial charge in [0.1, 0.15) is 11.7 Å². The molecule has 3 aromatic heterocycles. The summed E-state index contributed by atoms with van der Waals surface area (Å²) in [6.07, 6.45) is 5.16. The van der Waals surface area contributed by atoms with E-state index in [-0.39, 0.29) is 24.6 Å². The highest BCUT2D eigenvalue weighted by molar-refractivity contribution is 5.98. The van der Waals surface area contributed by atoms with Crippen LogP contribution in [0.4, 0.5) is 13.6 Å². The fourth-order valence-electron chi connectivity index (χ4n) is 6.74. The summed E-state index contributed by atoms with van der Waals surface area (Å²) in [5.41, 5.74) is 3.90. The molecule has 1 fully saturated rings. The Balaban J connectivity index is 1.40. The number of aromatic nitrogens is 5. The molecule has 1 amide bonds. The number of hydrogen-bond donors (Lipinski definition) is 0. The summed E-state index contributed by atoms with van der Waals surface area (Å²) in [5.74, 6) is -1.52. The largest absolute Gasteiger partial charge is 0.444 e. The maximum atomic E-state index is 13.9. The van der Waals surface area contributed by atoms with Gasteiger partial charge in [-0.2, -0.15) is 15.5 Å². The number of nitrogens with zero attached hydrogens (tertiary/aromatic N) is 7. The van der Waals surface area contributed by atoms with Crippen LogP contribution < -0.4 is 0 Å². The van der Waals surface area contributed by atoms with Crippen LogP contribution >= 0.6 is 0 Å². The van der Waals surface area contributed by atoms with Gasteiger partial charge in [0.2, 0.25) is 0 Å². The van der Waals surface area contributed by atoms with E-state index < -0.39 is 22.8 Å². The van der Waals surface area contributed by atoms with Crippen molar-refractivity contribution in [1.82, 2.24) is 29.4 Å². The fraction of sp³-hybridized carbons (Fsp3) is 0.432. The number of rotatable bonds is 6. The van der Waals surface area contributed by atoms with Crippen LogP contribution in [0.1, 0.15) is 84.2 Å². The van der Waals surface area contributed by atoms with Crippen LogP contribution in [0.25, 0.3) is 33.1 Å². The molecule has 1 atom stereocenters. The van der Waals surface area contributed by atoms with Crippen LogP contribution in [0.3, 0.4) is 0 Å². The number of likely N-dealkylation sites (tertiary alicyclic amines) is 1. The Labute approximate surface area is 279 Å². The Bertz CT molecular complexity index is 2070. The van der Waals surface area contributed by atoms with Crippen LogP contribution in [0.5, 0.6) is 0 Å². The third-order valence-corrected chi connectivity index (χ3v) is 8.89. The summed E-state index contributed by atoms with van der Waals surface area (Å²) in [6, 6.07) is 12.2. The van der Waals surface area contributed by atoms with Crippen LogP contribution in [-0.2, 0) is 17.7 Å². The number of fused-ring (bicyclic) bond motifs is 2. The topological polar surface area (TPSA) is 102 Å². The van der Waals surface area contributed by atoms with Crippen molar-refractivity contribution >= 4 is 28.0 Å². The first-order valence-electron chi connectivity index (χ1n) is 16.4. The van der Waals surface area contributed by atoms with Gasteiger partial charge in [-0.05, 0) is 95.2 Å². The maximum absolute atomic E-state index is 13.9. The second-order valence-electron chi connectivity index (χ2n) is 14.8. The number of halogens is 2. The first-order chi connectivity index (χ1) is 22.6. The molecular weight excluding hydrogens is 612 g/mol. The molecule has 1 unspecified atom stereocenters. The first kappa shape index (κ1) is 33.1. The van der Waals surface area contributed by atoms with Gasteiger partial charge in [0.15, 0.2) is 17.3 Å². The van der Waals surface area contributed by atoms with E-state index in [1.54, 1.807) is 28.0 Å². The number of piperidine rings is 1. The predicted molar refractivity (Wildman–Crippen MR) is 180 cm³/mol. The highest BCUT2D eigenvalue weighted by Crippen LogP contribution is 2.40. The summed E-state index contributed by atoms with van der Waals surface area (Å²) in [5, 5.41) is 21.5. The van der Waals surface area contributed by atoms with Gasteiger partial charge in [-0.3, -0.25) is 4.68 Å². The molecule has 0 spiro atoms. The smallest absolute Gasteiger partial charge is 0.410 e. The average Bonchev–Trinajstić information content (AvgIpc) is 3.60. The number of ether oxygens (including phenoxy) is 1. The molecule has 0 aliphatic carbocycles. The SMILES string of the molecule is CC(C)Cc1nc2c(cnn2C2CCN(C(=O)OC(C)(C)C)C(C)(C)C2)c(-c2ccc3c(cnn3Cc3ccc(F)c(F)c3)c2)c1C#N. The molecule has 0 N–H and O–H groups in total. The van der Waals surface area contributed by atoms with Gasteiger partial charge >= 0.3 is 6.09 Å². The van der Waals surface area contributed by atoms with Gasteiger partial charge in [-0.1, -0.05) is 26.0 Å². The minimum absolute atomic E-state index is 0.0200. The molecule has 1 saturated heterocycles. The Morgan fingerprint density at radius 3 is 2.54 bits per heavy atom. The van der Waals surface area contributed by atoms with Gasteiger partial charge in [0.05, 0.1) is 41.8 Å². The lowest BCUT2D eigenvalue weighted by Gasteiger charge is -2.45. The van der Waals surface area contributed by atoms with E-state index in [4.69, 9.17) is 14.8 Å². The van der Waals surface area contributed by atoms with Crippen molar-refractivity contribution in [2.24, 2.45) is 5.92 Å². The lowest BCUT2D eigenvalue weighted by molar-refractivity contribution is -0.0140. The maximum Gasteiger partial charge on any atom is 0.410 e. The predicted octanol–water partition coefficient (Wildman–Crippen LogP) is 8.20. The zero-order chi connectivity index (χ0) is 34.5. The lowest BCUT2D eigenvalue weighted by Crippen LogP contribution is -2.54. The number of carbonyl (C=O) groups excluding carboxylic acids is 1. The molecule has 0 bridgehead atoms. The monoisotopic (exact) mass is 653 g/mol. The second kappa shape index (κ2) is 12.3. The van der Waals surface area contributed by atoms with Crippen molar-refractivity contribution < 1.29 is 18.3 Å². The van der Waals surface area contributed by atoms with E-state index in [2.05, 4.69) is 25.0 Å². The number of carbonyl (C=O) groups is 1. The number of amides is 1. The second-order valence-corrected chi connectivity index (χ2v) is 14.8. The van der Waals surface area contributed by atoms with Crippen LogP contribution in [0.2, 0.25) is 0 Å². The van der Waals surface area contributed by atoms with Gasteiger partial charge in [-0.25, -0.2) is 23.2 Å². The molecule has 1 aliphatic rings. The van der Waals surface area contributed by atoms with Crippen molar-refractivity contribution in [3.05, 3.63) is 77.2 Å². The molecule has 9 nitrogen and oxygen atoms in total. The summed E-state index contributed by atoms with van der Waals surface area (Å²) in [7, 11) is 0. The van der Waals surface area contributed by atoms with Gasteiger partial charge < -0.3 is 9.64 Å². The molecule has 2 aromatic carbocycles. The van der Waals surface area contributed by atoms with E-state index in [1.165, 1.54) is 6.07 Å². The highest BCUT2D eigenvalue weighted by Gasteiger charge is 2.41. The van der Waals surface area contributed by atoms with E-state index in [0.29, 0.717) is 42.6 Å². The molecule has 48 heavy (non-hydrogen) atoms. The summed E-state index contributed by atoms with van der Waals surface area (Å²) in [4.78, 5) is 20.0. The highest BCUT2D eigenvalue weighted by atomic mass is 19.2. The standard InChI is InChI=1S/C37H41F2N7O2/c1-22(2)14-31-27(18-40)33(24-9-11-32-25(16-24)19-41-45(32)21-23-8-10-29(38)30(39)15-23)28-20-42-46(34(28)43-31)26-12-13-44(37(6,7)17-26)35(47)48-36(3,4)5/h8-11,15-16,19-20,22,26H,12-14,17,21H2,1-7H3. The van der Waals surface area contributed by atoms with Crippen LogP contribution in [0.15, 0.2) is 48.8 Å². The Morgan fingerprint density at radius 2 is 1.88 bits per heavy atom. The zero-order valence-electron chi connectivity index (χ0n) is 28.5. The van der Waals surface area contributed by atoms with E-state index >= 15 is 0 Å². The third-order valence-electron chi connectivity index (χ3n) is 8.89. The summed E-state index contributed by atoms with van der Waals surface area (Å²) in [6.45, 7) is 14.7. The summed E-state index contributed by atoms with van der Waals surface area (Å²) >= 11 is 0. The lowest BCUT2D eigenvalue weighted by atomic mass is 9.87. The molecular formula is C37H41F2N7O2.